The van der Waals surface area contributed by atoms with Crippen molar-refractivity contribution < 1.29 is 9.59 Å². The molecule has 152 valence electrons. The molecular weight excluding hydrogens is 384 g/mol. The lowest BCUT2D eigenvalue weighted by Gasteiger charge is -2.32. The Morgan fingerprint density at radius 1 is 1.41 bits per heavy atom. The molecule has 2 aromatic rings. The number of amides is 2. The Morgan fingerprint density at radius 2 is 2.24 bits per heavy atom. The van der Waals surface area contributed by atoms with Gasteiger partial charge in [-0.15, -0.1) is 11.3 Å². The number of nitrogens with one attached hydrogen (secondary N) is 1. The zero-order chi connectivity index (χ0) is 20.8. The van der Waals surface area contributed by atoms with E-state index >= 15 is 0 Å². The summed E-state index contributed by atoms with van der Waals surface area (Å²) in [5.41, 5.74) is 2.04. The third-order valence-corrected chi connectivity index (χ3v) is 6.13. The van der Waals surface area contributed by atoms with Gasteiger partial charge in [0.05, 0.1) is 22.3 Å². The molecular formula is C22H26N4O2S. The molecule has 1 fully saturated rings. The summed E-state index contributed by atoms with van der Waals surface area (Å²) in [6.07, 6.45) is 2.66. The number of nitrogens with zero attached hydrogens (tertiary/aromatic N) is 3. The highest BCUT2D eigenvalue weighted by Crippen LogP contribution is 2.30. The van der Waals surface area contributed by atoms with E-state index in [1.165, 1.54) is 0 Å². The lowest BCUT2D eigenvalue weighted by Crippen LogP contribution is -2.39. The summed E-state index contributed by atoms with van der Waals surface area (Å²) in [4.78, 5) is 31.2. The smallest absolute Gasteiger partial charge is 0.253 e. The van der Waals surface area contributed by atoms with Crippen molar-refractivity contribution in [2.45, 2.75) is 39.0 Å². The summed E-state index contributed by atoms with van der Waals surface area (Å²) in [5, 5.41) is 15.1. The number of hydrogen-bond acceptors (Lipinski definition) is 5. The molecule has 29 heavy (non-hydrogen) atoms. The molecule has 0 bridgehead atoms. The normalized spacial score (nSPS) is 16.5. The topological polar surface area (TPSA) is 86.1 Å². The van der Waals surface area contributed by atoms with Gasteiger partial charge in [0.15, 0.2) is 0 Å². The molecule has 3 rings (SSSR count). The summed E-state index contributed by atoms with van der Waals surface area (Å²) in [6, 6.07) is 8.96. The third kappa shape index (κ3) is 5.42. The molecule has 1 aromatic carbocycles. The Hall–Kier alpha value is -2.72. The van der Waals surface area contributed by atoms with Gasteiger partial charge in [-0.05, 0) is 31.0 Å². The van der Waals surface area contributed by atoms with Crippen LogP contribution in [0.15, 0.2) is 29.6 Å². The highest BCUT2D eigenvalue weighted by Gasteiger charge is 2.27. The molecule has 0 unspecified atom stereocenters. The molecule has 1 aliphatic rings. The van der Waals surface area contributed by atoms with Crippen LogP contribution in [0.5, 0.6) is 0 Å². The lowest BCUT2D eigenvalue weighted by atomic mass is 9.97. The van der Waals surface area contributed by atoms with Gasteiger partial charge in [-0.25, -0.2) is 4.98 Å². The second kappa shape index (κ2) is 9.66. The van der Waals surface area contributed by atoms with Crippen molar-refractivity contribution in [2.24, 2.45) is 5.92 Å². The highest BCUT2D eigenvalue weighted by molar-refractivity contribution is 7.09. The Balaban J connectivity index is 1.59. The molecule has 1 saturated heterocycles. The molecule has 7 heteroatoms. The predicted octanol–water partition coefficient (Wildman–Crippen LogP) is 3.35. The Bertz CT molecular complexity index is 916. The largest absolute Gasteiger partial charge is 0.355 e. The van der Waals surface area contributed by atoms with E-state index in [1.807, 2.05) is 24.1 Å². The number of hydrogen-bond donors (Lipinski definition) is 1. The SMILES string of the molecule is CC(C)C(=O)NCCc1csc([C@H]2CCCN(C(=O)c3cccc(C#N)c3)C2)n1. The van der Waals surface area contributed by atoms with Crippen LogP contribution in [0.25, 0.3) is 0 Å². The highest BCUT2D eigenvalue weighted by atomic mass is 32.1. The fourth-order valence-corrected chi connectivity index (χ4v) is 4.39. The van der Waals surface area contributed by atoms with Gasteiger partial charge in [0, 0.05) is 48.8 Å². The number of carbonyl (C=O) groups is 2. The molecule has 2 heterocycles. The number of benzene rings is 1. The number of thiazole rings is 1. The van der Waals surface area contributed by atoms with Crippen molar-refractivity contribution in [3.8, 4) is 6.07 Å². The molecule has 1 atom stereocenters. The van der Waals surface area contributed by atoms with Gasteiger partial charge in [0.2, 0.25) is 5.91 Å². The number of piperidine rings is 1. The van der Waals surface area contributed by atoms with Crippen LogP contribution in [0, 0.1) is 17.2 Å². The molecule has 1 aliphatic heterocycles. The fourth-order valence-electron chi connectivity index (χ4n) is 3.41. The maximum Gasteiger partial charge on any atom is 0.253 e. The average molecular weight is 411 g/mol. The van der Waals surface area contributed by atoms with Gasteiger partial charge in [0.1, 0.15) is 0 Å². The van der Waals surface area contributed by atoms with Gasteiger partial charge in [0.25, 0.3) is 5.91 Å². The second-order valence-electron chi connectivity index (χ2n) is 7.66. The summed E-state index contributed by atoms with van der Waals surface area (Å²) in [6.45, 7) is 5.72. The molecule has 0 radical (unpaired) electrons. The first kappa shape index (κ1) is 21.0. The minimum Gasteiger partial charge on any atom is -0.355 e. The molecule has 0 spiro atoms. The first-order valence-electron chi connectivity index (χ1n) is 9.99. The van der Waals surface area contributed by atoms with Crippen LogP contribution in [0.2, 0.25) is 0 Å². The number of aromatic nitrogens is 1. The van der Waals surface area contributed by atoms with E-state index in [-0.39, 0.29) is 23.7 Å². The number of carbonyl (C=O) groups excluding carboxylic acids is 2. The zero-order valence-corrected chi connectivity index (χ0v) is 17.7. The van der Waals surface area contributed by atoms with Crippen LogP contribution in [0.3, 0.4) is 0 Å². The fraction of sp³-hybridized carbons (Fsp3) is 0.455. The average Bonchev–Trinajstić information content (AvgIpc) is 3.22. The van der Waals surface area contributed by atoms with E-state index in [9.17, 15) is 9.59 Å². The van der Waals surface area contributed by atoms with Crippen LogP contribution in [0.1, 0.15) is 59.2 Å². The second-order valence-corrected chi connectivity index (χ2v) is 8.55. The number of nitriles is 1. The number of likely N-dealkylation sites (tertiary alicyclic amines) is 1. The minimum absolute atomic E-state index is 0.0133. The Kier molecular flexibility index (Phi) is 6.99. The van der Waals surface area contributed by atoms with Gasteiger partial charge in [-0.3, -0.25) is 9.59 Å². The van der Waals surface area contributed by atoms with Gasteiger partial charge < -0.3 is 10.2 Å². The summed E-state index contributed by atoms with van der Waals surface area (Å²) in [5.74, 6) is 0.249. The van der Waals surface area contributed by atoms with Crippen LogP contribution in [-0.4, -0.2) is 41.3 Å². The van der Waals surface area contributed by atoms with Crippen molar-refractivity contribution in [3.63, 3.8) is 0 Å². The molecule has 1 aromatic heterocycles. The molecule has 0 aliphatic carbocycles. The Labute approximate surface area is 175 Å². The standard InChI is InChI=1S/C22H26N4O2S/c1-15(2)20(27)24-9-8-19-14-29-21(25-19)18-7-4-10-26(13-18)22(28)17-6-3-5-16(11-17)12-23/h3,5-6,11,14-15,18H,4,7-10,13H2,1-2H3,(H,24,27)/t18-/m0/s1. The van der Waals surface area contributed by atoms with Crippen molar-refractivity contribution in [1.29, 1.82) is 5.26 Å². The van der Waals surface area contributed by atoms with E-state index in [4.69, 9.17) is 10.2 Å². The van der Waals surface area contributed by atoms with Crippen LogP contribution in [-0.2, 0) is 11.2 Å². The molecule has 0 saturated carbocycles. The van der Waals surface area contributed by atoms with Gasteiger partial charge >= 0.3 is 0 Å². The van der Waals surface area contributed by atoms with Crippen LogP contribution >= 0.6 is 11.3 Å². The van der Waals surface area contributed by atoms with Crippen LogP contribution in [0.4, 0.5) is 0 Å². The maximum atomic E-state index is 12.9. The maximum absolute atomic E-state index is 12.9. The van der Waals surface area contributed by atoms with E-state index in [2.05, 4.69) is 11.4 Å². The monoisotopic (exact) mass is 410 g/mol. The van der Waals surface area contributed by atoms with Crippen molar-refractivity contribution in [1.82, 2.24) is 15.2 Å². The quantitative estimate of drug-likeness (QED) is 0.791. The van der Waals surface area contributed by atoms with E-state index in [1.54, 1.807) is 35.6 Å². The van der Waals surface area contributed by atoms with Crippen molar-refractivity contribution in [3.05, 3.63) is 51.5 Å². The Morgan fingerprint density at radius 3 is 3.00 bits per heavy atom. The molecule has 2 amide bonds. The third-order valence-electron chi connectivity index (χ3n) is 5.07. The predicted molar refractivity (Wildman–Crippen MR) is 113 cm³/mol. The number of rotatable bonds is 6. The van der Waals surface area contributed by atoms with Crippen LogP contribution < -0.4 is 5.32 Å². The summed E-state index contributed by atoms with van der Waals surface area (Å²) < 4.78 is 0. The first-order chi connectivity index (χ1) is 14.0. The van der Waals surface area contributed by atoms with Gasteiger partial charge in [-0.1, -0.05) is 19.9 Å². The first-order valence-corrected chi connectivity index (χ1v) is 10.9. The van der Waals surface area contributed by atoms with E-state index in [0.29, 0.717) is 30.6 Å². The van der Waals surface area contributed by atoms with Crippen molar-refractivity contribution >= 4 is 23.2 Å². The van der Waals surface area contributed by atoms with E-state index in [0.717, 1.165) is 30.1 Å². The van der Waals surface area contributed by atoms with E-state index < -0.39 is 0 Å². The minimum atomic E-state index is -0.0278. The van der Waals surface area contributed by atoms with Gasteiger partial charge in [-0.2, -0.15) is 5.26 Å². The van der Waals surface area contributed by atoms with Crippen molar-refractivity contribution in [2.75, 3.05) is 19.6 Å². The molecule has 6 nitrogen and oxygen atoms in total. The molecule has 1 N–H and O–H groups in total. The zero-order valence-electron chi connectivity index (χ0n) is 16.9. The lowest BCUT2D eigenvalue weighted by molar-refractivity contribution is -0.123. The summed E-state index contributed by atoms with van der Waals surface area (Å²) in [7, 11) is 0. The summed E-state index contributed by atoms with van der Waals surface area (Å²) >= 11 is 1.63.